The van der Waals surface area contributed by atoms with E-state index in [2.05, 4.69) is 0 Å². The Kier molecular flexibility index (Phi) is 3.32. The van der Waals surface area contributed by atoms with E-state index in [4.69, 9.17) is 17.3 Å². The van der Waals surface area contributed by atoms with E-state index in [0.717, 1.165) is 6.42 Å². The van der Waals surface area contributed by atoms with Crippen molar-refractivity contribution < 1.29 is 4.79 Å². The third kappa shape index (κ3) is 2.46. The van der Waals surface area contributed by atoms with Crippen LogP contribution >= 0.6 is 11.6 Å². The first-order valence-corrected chi connectivity index (χ1v) is 4.61. The minimum atomic E-state index is 0.117. The average Bonchev–Trinajstić information content (AvgIpc) is 2.10. The highest BCUT2D eigenvalue weighted by Gasteiger charge is 2.05. The predicted molar refractivity (Wildman–Crippen MR) is 55.1 cm³/mol. The number of nitrogen functional groups attached to an aromatic ring is 1. The van der Waals surface area contributed by atoms with Gasteiger partial charge in [0.15, 0.2) is 5.78 Å². The third-order valence-electron chi connectivity index (χ3n) is 1.80. The van der Waals surface area contributed by atoms with Gasteiger partial charge in [-0.15, -0.1) is 0 Å². The van der Waals surface area contributed by atoms with Crippen LogP contribution in [0.15, 0.2) is 18.2 Å². The minimum Gasteiger partial charge on any atom is -0.398 e. The average molecular weight is 198 g/mol. The van der Waals surface area contributed by atoms with E-state index >= 15 is 0 Å². The Bertz CT molecular complexity index is 323. The summed E-state index contributed by atoms with van der Waals surface area (Å²) in [5.74, 6) is 0.117. The van der Waals surface area contributed by atoms with E-state index in [-0.39, 0.29) is 5.78 Å². The van der Waals surface area contributed by atoms with Gasteiger partial charge in [-0.05, 0) is 24.6 Å². The monoisotopic (exact) mass is 197 g/mol. The largest absolute Gasteiger partial charge is 0.398 e. The summed E-state index contributed by atoms with van der Waals surface area (Å²) in [6.07, 6.45) is 1.41. The molecule has 0 aliphatic rings. The number of hydrogen-bond donors (Lipinski definition) is 1. The zero-order valence-corrected chi connectivity index (χ0v) is 8.27. The summed E-state index contributed by atoms with van der Waals surface area (Å²) in [5.41, 5.74) is 6.67. The van der Waals surface area contributed by atoms with Crippen molar-refractivity contribution in [3.05, 3.63) is 28.8 Å². The molecule has 0 bridgehead atoms. The predicted octanol–water partition coefficient (Wildman–Crippen LogP) is 2.91. The second-order valence-electron chi connectivity index (χ2n) is 2.91. The standard InChI is InChI=1S/C10H12ClNO/c1-2-3-10(13)7-4-5-8(11)9(12)6-7/h4-6H,2-3,12H2,1H3. The zero-order chi connectivity index (χ0) is 9.84. The minimum absolute atomic E-state index is 0.117. The number of benzene rings is 1. The Morgan fingerprint density at radius 3 is 2.77 bits per heavy atom. The molecule has 0 aliphatic carbocycles. The molecule has 2 nitrogen and oxygen atoms in total. The molecular formula is C10H12ClNO. The van der Waals surface area contributed by atoms with Gasteiger partial charge in [-0.3, -0.25) is 4.79 Å². The van der Waals surface area contributed by atoms with Crippen molar-refractivity contribution in [3.8, 4) is 0 Å². The van der Waals surface area contributed by atoms with Crippen LogP contribution in [-0.2, 0) is 0 Å². The lowest BCUT2D eigenvalue weighted by atomic mass is 10.1. The number of rotatable bonds is 3. The van der Waals surface area contributed by atoms with Crippen LogP contribution in [0.3, 0.4) is 0 Å². The first-order chi connectivity index (χ1) is 6.15. The number of hydrogen-bond acceptors (Lipinski definition) is 2. The van der Waals surface area contributed by atoms with Gasteiger partial charge >= 0.3 is 0 Å². The van der Waals surface area contributed by atoms with E-state index in [1.54, 1.807) is 18.2 Å². The smallest absolute Gasteiger partial charge is 0.162 e. The third-order valence-corrected chi connectivity index (χ3v) is 2.14. The molecule has 0 atom stereocenters. The van der Waals surface area contributed by atoms with Gasteiger partial charge in [-0.2, -0.15) is 0 Å². The van der Waals surface area contributed by atoms with Crippen molar-refractivity contribution in [1.29, 1.82) is 0 Å². The van der Waals surface area contributed by atoms with Gasteiger partial charge in [-0.25, -0.2) is 0 Å². The van der Waals surface area contributed by atoms with Gasteiger partial charge in [0.25, 0.3) is 0 Å². The molecule has 3 heteroatoms. The molecule has 0 heterocycles. The van der Waals surface area contributed by atoms with E-state index in [9.17, 15) is 4.79 Å². The second kappa shape index (κ2) is 4.28. The summed E-state index contributed by atoms with van der Waals surface area (Å²) in [4.78, 5) is 11.4. The number of anilines is 1. The lowest BCUT2D eigenvalue weighted by molar-refractivity contribution is 0.0982. The highest BCUT2D eigenvalue weighted by atomic mass is 35.5. The maximum absolute atomic E-state index is 11.4. The number of nitrogens with two attached hydrogens (primary N) is 1. The fourth-order valence-corrected chi connectivity index (χ4v) is 1.21. The fourth-order valence-electron chi connectivity index (χ4n) is 1.09. The summed E-state index contributed by atoms with van der Waals surface area (Å²) in [7, 11) is 0. The Morgan fingerprint density at radius 2 is 2.23 bits per heavy atom. The molecule has 0 radical (unpaired) electrons. The van der Waals surface area contributed by atoms with E-state index < -0.39 is 0 Å². The van der Waals surface area contributed by atoms with Gasteiger partial charge in [0.05, 0.1) is 10.7 Å². The lowest BCUT2D eigenvalue weighted by Crippen LogP contribution is -1.99. The van der Waals surface area contributed by atoms with Crippen LogP contribution in [0.4, 0.5) is 5.69 Å². The van der Waals surface area contributed by atoms with Gasteiger partial charge in [0.1, 0.15) is 0 Å². The SMILES string of the molecule is CCCC(=O)c1ccc(Cl)c(N)c1. The van der Waals surface area contributed by atoms with Gasteiger partial charge in [0, 0.05) is 12.0 Å². The van der Waals surface area contributed by atoms with Crippen LogP contribution < -0.4 is 5.73 Å². The number of carbonyl (C=O) groups is 1. The van der Waals surface area contributed by atoms with Crippen LogP contribution in [-0.4, -0.2) is 5.78 Å². The van der Waals surface area contributed by atoms with Crippen molar-refractivity contribution in [3.63, 3.8) is 0 Å². The summed E-state index contributed by atoms with van der Waals surface area (Å²) >= 11 is 5.73. The number of Topliss-reactive ketones (excluding diaryl/α,β-unsaturated/α-hetero) is 1. The van der Waals surface area contributed by atoms with Gasteiger partial charge in [0.2, 0.25) is 0 Å². The van der Waals surface area contributed by atoms with Crippen LogP contribution in [0.5, 0.6) is 0 Å². The summed E-state index contributed by atoms with van der Waals surface area (Å²) in [6, 6.07) is 4.98. The van der Waals surface area contributed by atoms with Crippen molar-refractivity contribution in [1.82, 2.24) is 0 Å². The molecule has 0 unspecified atom stereocenters. The van der Waals surface area contributed by atoms with Crippen molar-refractivity contribution in [2.75, 3.05) is 5.73 Å². The van der Waals surface area contributed by atoms with Crippen LogP contribution in [0.25, 0.3) is 0 Å². The lowest BCUT2D eigenvalue weighted by Gasteiger charge is -2.01. The Hall–Kier alpha value is -1.02. The van der Waals surface area contributed by atoms with Gasteiger partial charge in [-0.1, -0.05) is 18.5 Å². The normalized spacial score (nSPS) is 10.0. The molecule has 0 aliphatic heterocycles. The fraction of sp³-hybridized carbons (Fsp3) is 0.300. The topological polar surface area (TPSA) is 43.1 Å². The molecule has 1 rings (SSSR count). The number of ketones is 1. The molecule has 13 heavy (non-hydrogen) atoms. The van der Waals surface area contributed by atoms with E-state index in [1.807, 2.05) is 6.92 Å². The summed E-state index contributed by atoms with van der Waals surface area (Å²) in [5, 5.41) is 0.494. The summed E-state index contributed by atoms with van der Waals surface area (Å²) in [6.45, 7) is 1.97. The van der Waals surface area contributed by atoms with Crippen molar-refractivity contribution in [2.45, 2.75) is 19.8 Å². The molecule has 0 amide bonds. The molecule has 0 fully saturated rings. The molecule has 0 saturated carbocycles. The molecule has 70 valence electrons. The first kappa shape index (κ1) is 10.1. The number of carbonyl (C=O) groups excluding carboxylic acids is 1. The first-order valence-electron chi connectivity index (χ1n) is 4.23. The van der Waals surface area contributed by atoms with E-state index in [0.29, 0.717) is 22.7 Å². The molecule has 0 aromatic heterocycles. The Morgan fingerprint density at radius 1 is 1.54 bits per heavy atom. The zero-order valence-electron chi connectivity index (χ0n) is 7.51. The van der Waals surface area contributed by atoms with Crippen molar-refractivity contribution in [2.24, 2.45) is 0 Å². The van der Waals surface area contributed by atoms with Crippen LogP contribution in [0.2, 0.25) is 5.02 Å². The molecule has 1 aromatic rings. The molecule has 2 N–H and O–H groups in total. The second-order valence-corrected chi connectivity index (χ2v) is 3.32. The Balaban J connectivity index is 2.90. The Labute approximate surface area is 82.7 Å². The van der Waals surface area contributed by atoms with Crippen molar-refractivity contribution >= 4 is 23.1 Å². The molecular weight excluding hydrogens is 186 g/mol. The van der Waals surface area contributed by atoms with Gasteiger partial charge < -0.3 is 5.73 Å². The maximum atomic E-state index is 11.4. The molecule has 0 spiro atoms. The van der Waals surface area contributed by atoms with E-state index in [1.165, 1.54) is 0 Å². The van der Waals surface area contributed by atoms with Crippen LogP contribution in [0.1, 0.15) is 30.1 Å². The summed E-state index contributed by atoms with van der Waals surface area (Å²) < 4.78 is 0. The quantitative estimate of drug-likeness (QED) is 0.598. The highest BCUT2D eigenvalue weighted by molar-refractivity contribution is 6.33. The maximum Gasteiger partial charge on any atom is 0.162 e. The molecule has 0 saturated heterocycles. The number of halogens is 1. The van der Waals surface area contributed by atoms with Crippen LogP contribution in [0, 0.1) is 0 Å². The highest BCUT2D eigenvalue weighted by Crippen LogP contribution is 2.20. The molecule has 1 aromatic carbocycles.